The second-order valence-corrected chi connectivity index (χ2v) is 5.81. The fourth-order valence-electron chi connectivity index (χ4n) is 1.96. The van der Waals surface area contributed by atoms with E-state index < -0.39 is 10.0 Å². The van der Waals surface area contributed by atoms with Gasteiger partial charge in [0.2, 0.25) is 0 Å². The van der Waals surface area contributed by atoms with Crippen LogP contribution in [0, 0.1) is 0 Å². The largest absolute Gasteiger partial charge is 0.348 e. The van der Waals surface area contributed by atoms with E-state index in [0.717, 1.165) is 5.69 Å². The lowest BCUT2D eigenvalue weighted by Gasteiger charge is -1.98. The van der Waals surface area contributed by atoms with Gasteiger partial charge in [0.1, 0.15) is 5.84 Å². The third-order valence-electron chi connectivity index (χ3n) is 2.87. The van der Waals surface area contributed by atoms with Crippen molar-refractivity contribution >= 4 is 15.9 Å². The minimum Gasteiger partial charge on any atom is -0.348 e. The first-order valence-electron chi connectivity index (χ1n) is 5.81. The molecule has 0 bridgehead atoms. The van der Waals surface area contributed by atoms with E-state index in [1.165, 1.54) is 0 Å². The van der Waals surface area contributed by atoms with Gasteiger partial charge in [0, 0.05) is 30.4 Å². The van der Waals surface area contributed by atoms with Crippen molar-refractivity contribution in [1.29, 1.82) is 0 Å². The SMILES string of the molecule is O=S1(=O)NC(=NCCc2cnc[nH]2)c2ccccc21. The zero-order valence-electron chi connectivity index (χ0n) is 10.00. The minimum atomic E-state index is -3.44. The standard InChI is InChI=1S/C12H12N4O2S/c17-19(18)11-4-2-1-3-10(11)12(16-19)14-6-5-9-7-13-8-15-9/h1-4,7-8H,5-6H2,(H,13,15)(H,14,16). The Morgan fingerprint density at radius 1 is 1.26 bits per heavy atom. The molecule has 0 fully saturated rings. The predicted octanol–water partition coefficient (Wildman–Crippen LogP) is 0.691. The van der Waals surface area contributed by atoms with Gasteiger partial charge in [-0.25, -0.2) is 13.4 Å². The number of aliphatic imine (C=N–C) groups is 1. The molecule has 0 aliphatic carbocycles. The number of nitrogens with one attached hydrogen (secondary N) is 2. The fraction of sp³-hybridized carbons (Fsp3) is 0.167. The fourth-order valence-corrected chi connectivity index (χ4v) is 3.21. The molecule has 3 rings (SSSR count). The van der Waals surface area contributed by atoms with Crippen LogP contribution < -0.4 is 4.72 Å². The molecule has 0 unspecified atom stereocenters. The van der Waals surface area contributed by atoms with Gasteiger partial charge in [0.05, 0.1) is 11.2 Å². The van der Waals surface area contributed by atoms with Gasteiger partial charge >= 0.3 is 0 Å². The maximum Gasteiger partial charge on any atom is 0.263 e. The number of fused-ring (bicyclic) bond motifs is 1. The smallest absolute Gasteiger partial charge is 0.263 e. The molecule has 98 valence electrons. The lowest BCUT2D eigenvalue weighted by atomic mass is 10.2. The van der Waals surface area contributed by atoms with E-state index >= 15 is 0 Å². The normalized spacial score (nSPS) is 18.2. The van der Waals surface area contributed by atoms with Crippen LogP contribution in [0.15, 0.2) is 46.7 Å². The number of aromatic amines is 1. The Balaban J connectivity index is 1.83. The summed E-state index contributed by atoms with van der Waals surface area (Å²) in [7, 11) is -3.44. The first-order valence-corrected chi connectivity index (χ1v) is 7.29. The number of amidine groups is 1. The van der Waals surface area contributed by atoms with Crippen LogP contribution in [0.5, 0.6) is 0 Å². The van der Waals surface area contributed by atoms with Gasteiger partial charge < -0.3 is 4.98 Å². The predicted molar refractivity (Wildman–Crippen MR) is 70.5 cm³/mol. The highest BCUT2D eigenvalue weighted by molar-refractivity contribution is 7.90. The molecule has 0 radical (unpaired) electrons. The summed E-state index contributed by atoms with van der Waals surface area (Å²) in [5.41, 5.74) is 1.60. The maximum atomic E-state index is 11.8. The third-order valence-corrected chi connectivity index (χ3v) is 4.27. The Kier molecular flexibility index (Phi) is 2.83. The number of hydrogen-bond donors (Lipinski definition) is 2. The molecule has 2 heterocycles. The summed E-state index contributed by atoms with van der Waals surface area (Å²) in [6.45, 7) is 0.494. The Hall–Kier alpha value is -2.15. The lowest BCUT2D eigenvalue weighted by Crippen LogP contribution is -2.22. The minimum absolute atomic E-state index is 0.287. The van der Waals surface area contributed by atoms with E-state index in [2.05, 4.69) is 19.7 Å². The topological polar surface area (TPSA) is 87.2 Å². The Bertz CT molecular complexity index is 720. The molecule has 1 aromatic heterocycles. The van der Waals surface area contributed by atoms with Crippen LogP contribution in [0.4, 0.5) is 0 Å². The summed E-state index contributed by atoms with van der Waals surface area (Å²) >= 11 is 0. The average molecular weight is 276 g/mol. The van der Waals surface area contributed by atoms with E-state index in [1.54, 1.807) is 36.8 Å². The number of H-pyrrole nitrogens is 1. The quantitative estimate of drug-likeness (QED) is 0.864. The van der Waals surface area contributed by atoms with Crippen molar-refractivity contribution < 1.29 is 8.42 Å². The van der Waals surface area contributed by atoms with Gasteiger partial charge in [-0.3, -0.25) is 9.71 Å². The highest BCUT2D eigenvalue weighted by Crippen LogP contribution is 2.22. The van der Waals surface area contributed by atoms with Crippen molar-refractivity contribution in [1.82, 2.24) is 14.7 Å². The Labute approximate surface area is 110 Å². The van der Waals surface area contributed by atoms with Crippen LogP contribution in [0.2, 0.25) is 0 Å². The van der Waals surface area contributed by atoms with Crippen molar-refractivity contribution in [3.05, 3.63) is 48.0 Å². The number of aromatic nitrogens is 2. The molecule has 7 heteroatoms. The second-order valence-electron chi connectivity index (χ2n) is 4.16. The molecule has 2 N–H and O–H groups in total. The van der Waals surface area contributed by atoms with Crippen LogP contribution in [0.3, 0.4) is 0 Å². The molecule has 0 saturated carbocycles. The number of sulfonamides is 1. The van der Waals surface area contributed by atoms with Gasteiger partial charge in [-0.15, -0.1) is 0 Å². The molecular weight excluding hydrogens is 264 g/mol. The summed E-state index contributed by atoms with van der Waals surface area (Å²) in [6.07, 6.45) is 4.02. The van der Waals surface area contributed by atoms with Crippen molar-refractivity contribution in [2.24, 2.45) is 4.99 Å². The van der Waals surface area contributed by atoms with E-state index in [-0.39, 0.29) is 4.90 Å². The molecule has 0 saturated heterocycles. The van der Waals surface area contributed by atoms with E-state index in [9.17, 15) is 8.42 Å². The lowest BCUT2D eigenvalue weighted by molar-refractivity contribution is 0.595. The van der Waals surface area contributed by atoms with Crippen molar-refractivity contribution in [2.45, 2.75) is 11.3 Å². The third kappa shape index (κ3) is 2.24. The number of hydrogen-bond acceptors (Lipinski definition) is 4. The molecule has 19 heavy (non-hydrogen) atoms. The van der Waals surface area contributed by atoms with Crippen LogP contribution in [0.25, 0.3) is 0 Å². The molecule has 1 aromatic carbocycles. The number of nitrogens with zero attached hydrogens (tertiary/aromatic N) is 2. The van der Waals surface area contributed by atoms with Crippen LogP contribution in [-0.4, -0.2) is 30.8 Å². The Morgan fingerprint density at radius 3 is 2.89 bits per heavy atom. The highest BCUT2D eigenvalue weighted by Gasteiger charge is 2.29. The van der Waals surface area contributed by atoms with Crippen molar-refractivity contribution in [3.63, 3.8) is 0 Å². The molecule has 6 nitrogen and oxygen atoms in total. The molecule has 0 spiro atoms. The van der Waals surface area contributed by atoms with E-state index in [0.29, 0.717) is 24.4 Å². The van der Waals surface area contributed by atoms with Gasteiger partial charge in [-0.1, -0.05) is 12.1 Å². The van der Waals surface area contributed by atoms with Crippen LogP contribution in [-0.2, 0) is 16.4 Å². The summed E-state index contributed by atoms with van der Waals surface area (Å²) in [4.78, 5) is 11.5. The monoisotopic (exact) mass is 276 g/mol. The van der Waals surface area contributed by atoms with Gasteiger partial charge in [-0.2, -0.15) is 0 Å². The summed E-state index contributed by atoms with van der Waals surface area (Å²) < 4.78 is 26.2. The van der Waals surface area contributed by atoms with Crippen molar-refractivity contribution in [2.75, 3.05) is 6.54 Å². The first kappa shape index (κ1) is 11.9. The zero-order valence-corrected chi connectivity index (χ0v) is 10.8. The molecule has 1 aliphatic heterocycles. The average Bonchev–Trinajstić information content (AvgIpc) is 2.98. The maximum absolute atomic E-state index is 11.8. The van der Waals surface area contributed by atoms with E-state index in [1.807, 2.05) is 0 Å². The molecule has 0 atom stereocenters. The number of imidazole rings is 1. The van der Waals surface area contributed by atoms with Crippen LogP contribution >= 0.6 is 0 Å². The van der Waals surface area contributed by atoms with E-state index in [4.69, 9.17) is 0 Å². The number of rotatable bonds is 3. The highest BCUT2D eigenvalue weighted by atomic mass is 32.2. The van der Waals surface area contributed by atoms with Gasteiger partial charge in [0.25, 0.3) is 10.0 Å². The van der Waals surface area contributed by atoms with Crippen molar-refractivity contribution in [3.8, 4) is 0 Å². The summed E-state index contributed by atoms with van der Waals surface area (Å²) in [5.74, 6) is 0.412. The molecule has 2 aromatic rings. The van der Waals surface area contributed by atoms with Gasteiger partial charge in [0.15, 0.2) is 0 Å². The molecular formula is C12H12N4O2S. The zero-order chi connectivity index (χ0) is 13.3. The van der Waals surface area contributed by atoms with Crippen LogP contribution in [0.1, 0.15) is 11.3 Å². The first-order chi connectivity index (χ1) is 9.17. The number of benzene rings is 1. The molecule has 0 amide bonds. The molecule has 1 aliphatic rings. The summed E-state index contributed by atoms with van der Waals surface area (Å²) in [6, 6.07) is 6.83. The van der Waals surface area contributed by atoms with Gasteiger partial charge in [-0.05, 0) is 12.1 Å². The second kappa shape index (κ2) is 4.51. The Morgan fingerprint density at radius 2 is 2.11 bits per heavy atom. The summed E-state index contributed by atoms with van der Waals surface area (Å²) in [5, 5.41) is 0.